The molecule has 5 heteroatoms. The van der Waals surface area contributed by atoms with Gasteiger partial charge < -0.3 is 4.55 Å². The van der Waals surface area contributed by atoms with Gasteiger partial charge in [-0.15, -0.1) is 0 Å². The van der Waals surface area contributed by atoms with Gasteiger partial charge in [-0.2, -0.15) is 0 Å². The Morgan fingerprint density at radius 2 is 1.75 bits per heavy atom. The van der Waals surface area contributed by atoms with Gasteiger partial charge in [0.25, 0.3) is 0 Å². The second-order valence-corrected chi connectivity index (χ2v) is 14.3. The van der Waals surface area contributed by atoms with Gasteiger partial charge in [-0.25, -0.2) is 8.42 Å². The number of fused-ring (bicyclic) bond motifs is 5. The molecular weight excluding hydrogens is 443 g/mol. The molecular formula is C27H45KO3S. The molecule has 3 nitrogen and oxygen atoms in total. The molecule has 8 atom stereocenters. The fourth-order valence-corrected chi connectivity index (χ4v) is 9.69. The molecule has 4 aliphatic carbocycles. The van der Waals surface area contributed by atoms with E-state index in [0.29, 0.717) is 24.2 Å². The van der Waals surface area contributed by atoms with E-state index in [9.17, 15) is 13.0 Å². The molecule has 0 saturated heterocycles. The summed E-state index contributed by atoms with van der Waals surface area (Å²) in [5, 5.41) is -0.695. The molecule has 3 saturated carbocycles. The van der Waals surface area contributed by atoms with E-state index in [1.807, 2.05) is 0 Å². The van der Waals surface area contributed by atoms with Crippen molar-refractivity contribution in [1.82, 2.24) is 0 Å². The van der Waals surface area contributed by atoms with Gasteiger partial charge in [-0.3, -0.25) is 0 Å². The van der Waals surface area contributed by atoms with Crippen molar-refractivity contribution < 1.29 is 64.4 Å². The van der Waals surface area contributed by atoms with Crippen molar-refractivity contribution in [3.8, 4) is 0 Å². The molecule has 3 fully saturated rings. The average Bonchev–Trinajstić information content (AvgIpc) is 3.03. The van der Waals surface area contributed by atoms with Gasteiger partial charge in [0.2, 0.25) is 0 Å². The van der Waals surface area contributed by atoms with Crippen molar-refractivity contribution in [2.75, 3.05) is 0 Å². The van der Waals surface area contributed by atoms with Crippen LogP contribution < -0.4 is 51.4 Å². The fraction of sp³-hybridized carbons (Fsp3) is 0.926. The molecule has 0 radical (unpaired) electrons. The zero-order valence-electron chi connectivity index (χ0n) is 21.5. The average molecular weight is 489 g/mol. The Hall–Kier alpha value is 1.29. The van der Waals surface area contributed by atoms with Crippen LogP contribution in [-0.4, -0.2) is 18.2 Å². The van der Waals surface area contributed by atoms with E-state index in [1.54, 1.807) is 0 Å². The minimum absolute atomic E-state index is 0. The summed E-state index contributed by atoms with van der Waals surface area (Å²) >= 11 is 0. The molecule has 1 unspecified atom stereocenters. The van der Waals surface area contributed by atoms with Crippen LogP contribution in [0.15, 0.2) is 11.6 Å². The Morgan fingerprint density at radius 1 is 1.03 bits per heavy atom. The maximum Gasteiger partial charge on any atom is 1.00 e. The van der Waals surface area contributed by atoms with Gasteiger partial charge in [-0.1, -0.05) is 65.5 Å². The zero-order valence-corrected chi connectivity index (χ0v) is 25.5. The third-order valence-corrected chi connectivity index (χ3v) is 11.9. The normalized spacial score (nSPS) is 42.3. The van der Waals surface area contributed by atoms with Gasteiger partial charge >= 0.3 is 51.4 Å². The van der Waals surface area contributed by atoms with Crippen LogP contribution >= 0.6 is 0 Å². The molecule has 0 N–H and O–H groups in total. The first-order valence-corrected chi connectivity index (χ1v) is 14.6. The van der Waals surface area contributed by atoms with Crippen LogP contribution in [0.3, 0.4) is 0 Å². The van der Waals surface area contributed by atoms with E-state index in [1.165, 1.54) is 50.5 Å². The van der Waals surface area contributed by atoms with E-state index in [4.69, 9.17) is 0 Å². The van der Waals surface area contributed by atoms with Crippen LogP contribution in [0.25, 0.3) is 0 Å². The third-order valence-electron chi connectivity index (χ3n) is 10.7. The molecule has 4 aliphatic rings. The Labute approximate surface area is 240 Å². The standard InChI is InChI=1S/C27H46O3S.K/c1-18(2)7-6-8-19(3)23-11-12-24-22-10-9-20-17-21(31(28,29)30)13-15-26(20,4)25(22)14-16-27(23,24)5;/h9,18-19,21-25H,6-8,10-17H2,1-5H3,(H,28,29,30);/q;+1/p-1/t19-,21+,22?,23-,24+,25+,26+,27-;/m1./s1. The predicted octanol–water partition coefficient (Wildman–Crippen LogP) is 3.95. The molecule has 32 heavy (non-hydrogen) atoms. The molecule has 0 aliphatic heterocycles. The summed E-state index contributed by atoms with van der Waals surface area (Å²) in [6.45, 7) is 12.2. The third kappa shape index (κ3) is 5.06. The van der Waals surface area contributed by atoms with E-state index >= 15 is 0 Å². The van der Waals surface area contributed by atoms with Crippen molar-refractivity contribution in [2.45, 2.75) is 110 Å². The minimum atomic E-state index is -4.18. The number of rotatable bonds is 6. The van der Waals surface area contributed by atoms with Crippen molar-refractivity contribution in [3.05, 3.63) is 11.6 Å². The largest absolute Gasteiger partial charge is 1.00 e. The second-order valence-electron chi connectivity index (χ2n) is 12.6. The Morgan fingerprint density at radius 3 is 2.41 bits per heavy atom. The van der Waals surface area contributed by atoms with E-state index < -0.39 is 15.4 Å². The molecule has 0 aromatic heterocycles. The first kappa shape index (κ1) is 27.9. The first-order chi connectivity index (χ1) is 14.5. The smallest absolute Gasteiger partial charge is 0.748 e. The second kappa shape index (κ2) is 10.3. The molecule has 4 rings (SSSR count). The monoisotopic (exact) mass is 488 g/mol. The van der Waals surface area contributed by atoms with Gasteiger partial charge in [0, 0.05) is 0 Å². The van der Waals surface area contributed by atoms with Crippen molar-refractivity contribution >= 4 is 10.1 Å². The molecule has 178 valence electrons. The maximum atomic E-state index is 11.7. The van der Waals surface area contributed by atoms with Crippen molar-refractivity contribution in [3.63, 3.8) is 0 Å². The summed E-state index contributed by atoms with van der Waals surface area (Å²) in [7, 11) is -4.18. The van der Waals surface area contributed by atoms with E-state index in [2.05, 4.69) is 40.7 Å². The van der Waals surface area contributed by atoms with Crippen LogP contribution in [-0.2, 0) is 10.1 Å². The summed E-state index contributed by atoms with van der Waals surface area (Å²) in [4.78, 5) is 0. The summed E-state index contributed by atoms with van der Waals surface area (Å²) in [6.07, 6.45) is 14.9. The quantitative estimate of drug-likeness (QED) is 0.323. The van der Waals surface area contributed by atoms with Crippen molar-refractivity contribution in [2.24, 2.45) is 46.3 Å². The number of allylic oxidation sites excluding steroid dienone is 2. The van der Waals surface area contributed by atoms with E-state index in [0.717, 1.165) is 42.4 Å². The van der Waals surface area contributed by atoms with Crippen LogP contribution in [0.4, 0.5) is 0 Å². The SMILES string of the molecule is CC(C)CCC[C@@H](C)[C@H]1CC[C@H]2C3CC=C4C[C@@H](S(=O)(=O)[O-])CC[C@]4(C)[C@H]3CC[C@]12C.[K+]. The Kier molecular flexibility index (Phi) is 9.00. The topological polar surface area (TPSA) is 57.2 Å². The Balaban J connectivity index is 0.00000289. The summed E-state index contributed by atoms with van der Waals surface area (Å²) < 4.78 is 35.0. The van der Waals surface area contributed by atoms with Gasteiger partial charge in [-0.05, 0) is 97.7 Å². The van der Waals surface area contributed by atoms with Gasteiger partial charge in [0.15, 0.2) is 0 Å². The van der Waals surface area contributed by atoms with Gasteiger partial charge in [0.05, 0.1) is 15.4 Å². The minimum Gasteiger partial charge on any atom is -0.748 e. The van der Waals surface area contributed by atoms with Crippen LogP contribution in [0.2, 0.25) is 0 Å². The van der Waals surface area contributed by atoms with E-state index in [-0.39, 0.29) is 56.8 Å². The summed E-state index contributed by atoms with van der Waals surface area (Å²) in [6, 6.07) is 0. The van der Waals surface area contributed by atoms with Crippen molar-refractivity contribution in [1.29, 1.82) is 0 Å². The number of hydrogen-bond donors (Lipinski definition) is 0. The molecule has 0 aromatic rings. The molecule has 0 bridgehead atoms. The first-order valence-electron chi connectivity index (χ1n) is 13.1. The van der Waals surface area contributed by atoms with Gasteiger partial charge in [0.1, 0.15) is 0 Å². The Bertz CT molecular complexity index is 806. The summed E-state index contributed by atoms with van der Waals surface area (Å²) in [5.41, 5.74) is 1.90. The fourth-order valence-electron chi connectivity index (χ4n) is 8.90. The molecule has 0 aromatic carbocycles. The van der Waals surface area contributed by atoms with Crippen LogP contribution in [0, 0.1) is 46.3 Å². The number of hydrogen-bond acceptors (Lipinski definition) is 3. The van der Waals surface area contributed by atoms with Crippen LogP contribution in [0.1, 0.15) is 105 Å². The van der Waals surface area contributed by atoms with Crippen LogP contribution in [0.5, 0.6) is 0 Å². The molecule has 0 heterocycles. The molecule has 0 spiro atoms. The predicted molar refractivity (Wildman–Crippen MR) is 127 cm³/mol. The zero-order chi connectivity index (χ0) is 22.6. The maximum absolute atomic E-state index is 11.7. The summed E-state index contributed by atoms with van der Waals surface area (Å²) in [5.74, 6) is 4.75. The molecule has 0 amide bonds.